The third-order valence-electron chi connectivity index (χ3n) is 10.2. The Kier molecular flexibility index (Phi) is 6.40. The summed E-state index contributed by atoms with van der Waals surface area (Å²) in [4.78, 5) is 11.5. The van der Waals surface area contributed by atoms with Crippen LogP contribution in [0.5, 0.6) is 0 Å². The van der Waals surface area contributed by atoms with Gasteiger partial charge in [0.1, 0.15) is 6.10 Å². The summed E-state index contributed by atoms with van der Waals surface area (Å²) < 4.78 is 5.54. The first-order valence-electron chi connectivity index (χ1n) is 13.1. The lowest BCUT2D eigenvalue weighted by Gasteiger charge is -2.56. The number of rotatable bonds is 6. The molecule has 0 spiro atoms. The van der Waals surface area contributed by atoms with E-state index in [1.54, 1.807) is 0 Å². The van der Waals surface area contributed by atoms with E-state index in [1.165, 1.54) is 57.4 Å². The van der Waals surface area contributed by atoms with E-state index < -0.39 is 5.60 Å². The minimum absolute atomic E-state index is 0.106. The Bertz CT molecular complexity index is 698. The molecule has 0 heterocycles. The fourth-order valence-corrected chi connectivity index (χ4v) is 8.87. The summed E-state index contributed by atoms with van der Waals surface area (Å²) in [7, 11) is 0. The van der Waals surface area contributed by atoms with Crippen molar-refractivity contribution < 1.29 is 14.6 Å². The summed E-state index contributed by atoms with van der Waals surface area (Å²) in [6.07, 6.45) is 11.4. The van der Waals surface area contributed by atoms with E-state index in [4.69, 9.17) is 4.74 Å². The molecule has 0 unspecified atom stereocenters. The average molecular weight is 431 g/mol. The molecule has 4 fully saturated rings. The summed E-state index contributed by atoms with van der Waals surface area (Å²) in [5, 5.41) is 11.7. The van der Waals surface area contributed by atoms with Crippen LogP contribution in [0.25, 0.3) is 0 Å². The SMILES string of the molecule is C=C1[C@H]2CC[C@]3(C)[C@@H]([C@H](C)CCCC(C)C)CC[C@H]3[C@@H]2C[C@]2(O)C[C@@H](OC(C)=O)C[C@@H]12. The highest BCUT2D eigenvalue weighted by atomic mass is 16.5. The first-order chi connectivity index (χ1) is 14.5. The summed E-state index contributed by atoms with van der Waals surface area (Å²) in [5.41, 5.74) is 0.955. The Balaban J connectivity index is 1.49. The van der Waals surface area contributed by atoms with Crippen molar-refractivity contribution in [2.45, 2.75) is 111 Å². The normalized spacial score (nSPS) is 45.2. The van der Waals surface area contributed by atoms with Crippen LogP contribution in [0.4, 0.5) is 0 Å². The zero-order valence-electron chi connectivity index (χ0n) is 20.7. The predicted octanol–water partition coefficient (Wildman–Crippen LogP) is 6.54. The van der Waals surface area contributed by atoms with Crippen molar-refractivity contribution in [1.82, 2.24) is 0 Å². The van der Waals surface area contributed by atoms with Crippen LogP contribution in [-0.2, 0) is 9.53 Å². The number of hydrogen-bond donors (Lipinski definition) is 1. The minimum Gasteiger partial charge on any atom is -0.462 e. The second kappa shape index (κ2) is 8.50. The molecule has 3 heteroatoms. The summed E-state index contributed by atoms with van der Waals surface area (Å²) in [6, 6.07) is 0. The van der Waals surface area contributed by atoms with Gasteiger partial charge in [-0.1, -0.05) is 59.1 Å². The average Bonchev–Trinajstić information content (AvgIpc) is 3.17. The maximum atomic E-state index is 11.7. The van der Waals surface area contributed by atoms with Crippen LogP contribution in [0.1, 0.15) is 98.8 Å². The number of hydrogen-bond acceptors (Lipinski definition) is 3. The summed E-state index contributed by atoms with van der Waals surface area (Å²) in [6.45, 7) is 15.8. The topological polar surface area (TPSA) is 46.5 Å². The van der Waals surface area contributed by atoms with Crippen molar-refractivity contribution in [3.63, 3.8) is 0 Å². The molecule has 0 radical (unpaired) electrons. The van der Waals surface area contributed by atoms with E-state index in [2.05, 4.69) is 34.3 Å². The van der Waals surface area contributed by atoms with Gasteiger partial charge in [0.2, 0.25) is 0 Å². The van der Waals surface area contributed by atoms with E-state index in [-0.39, 0.29) is 18.0 Å². The highest BCUT2D eigenvalue weighted by molar-refractivity contribution is 5.66. The molecule has 31 heavy (non-hydrogen) atoms. The van der Waals surface area contributed by atoms with Crippen LogP contribution in [0.15, 0.2) is 12.2 Å². The largest absolute Gasteiger partial charge is 0.462 e. The molecule has 1 N–H and O–H groups in total. The Morgan fingerprint density at radius 3 is 2.61 bits per heavy atom. The van der Waals surface area contributed by atoms with Gasteiger partial charge in [0.05, 0.1) is 5.60 Å². The quantitative estimate of drug-likeness (QED) is 0.384. The van der Waals surface area contributed by atoms with Crippen LogP contribution in [-0.4, -0.2) is 22.8 Å². The Hall–Kier alpha value is -0.830. The summed E-state index contributed by atoms with van der Waals surface area (Å²) in [5.74, 6) is 4.11. The molecule has 4 aliphatic rings. The first-order valence-corrected chi connectivity index (χ1v) is 13.1. The van der Waals surface area contributed by atoms with Gasteiger partial charge in [0.15, 0.2) is 0 Å². The van der Waals surface area contributed by atoms with Crippen molar-refractivity contribution in [2.24, 2.45) is 46.8 Å². The predicted molar refractivity (Wildman–Crippen MR) is 125 cm³/mol. The van der Waals surface area contributed by atoms with Gasteiger partial charge in [-0.25, -0.2) is 0 Å². The second-order valence-corrected chi connectivity index (χ2v) is 12.5. The molecule has 0 saturated heterocycles. The molecule has 176 valence electrons. The smallest absolute Gasteiger partial charge is 0.302 e. The second-order valence-electron chi connectivity index (χ2n) is 12.5. The lowest BCUT2D eigenvalue weighted by Crippen LogP contribution is -2.52. The molecule has 0 aromatic heterocycles. The highest BCUT2D eigenvalue weighted by Crippen LogP contribution is 2.66. The molecule has 4 aliphatic carbocycles. The monoisotopic (exact) mass is 430 g/mol. The molecule has 4 rings (SSSR count). The van der Waals surface area contributed by atoms with Gasteiger partial charge < -0.3 is 9.84 Å². The standard InChI is InChI=1S/C28H46O3/c1-17(2)8-7-9-18(3)24-10-11-25-23-16-28(30)15-21(31-20(5)29)14-26(28)19(4)22(23)12-13-27(24,25)6/h17-18,21-26,30H,4,7-16H2,1-3,5-6H3/t18-,21+,22-,23-,24-,25+,26+,27-,28-/m1/s1. The summed E-state index contributed by atoms with van der Waals surface area (Å²) >= 11 is 0. The minimum atomic E-state index is -0.725. The van der Waals surface area contributed by atoms with Gasteiger partial charge >= 0.3 is 5.97 Å². The first kappa shape index (κ1) is 23.3. The van der Waals surface area contributed by atoms with Crippen molar-refractivity contribution in [1.29, 1.82) is 0 Å². The van der Waals surface area contributed by atoms with Crippen LogP contribution >= 0.6 is 0 Å². The van der Waals surface area contributed by atoms with E-state index in [0.29, 0.717) is 29.6 Å². The Morgan fingerprint density at radius 2 is 1.94 bits per heavy atom. The molecule has 0 bridgehead atoms. The number of carbonyl (C=O) groups is 1. The van der Waals surface area contributed by atoms with Gasteiger partial charge in [-0.2, -0.15) is 0 Å². The third kappa shape index (κ3) is 4.13. The molecular formula is C28H46O3. The van der Waals surface area contributed by atoms with Crippen molar-refractivity contribution in [3.05, 3.63) is 12.2 Å². The lowest BCUT2D eigenvalue weighted by molar-refractivity contribution is -0.147. The molecule has 9 atom stereocenters. The fourth-order valence-electron chi connectivity index (χ4n) is 8.87. The van der Waals surface area contributed by atoms with Gasteiger partial charge in [-0.15, -0.1) is 0 Å². The lowest BCUT2D eigenvalue weighted by atomic mass is 9.50. The molecule has 3 nitrogen and oxygen atoms in total. The van der Waals surface area contributed by atoms with Crippen molar-refractivity contribution in [3.8, 4) is 0 Å². The van der Waals surface area contributed by atoms with Gasteiger partial charge in [-0.05, 0) is 79.4 Å². The van der Waals surface area contributed by atoms with E-state index in [1.807, 2.05) is 0 Å². The van der Waals surface area contributed by atoms with Crippen LogP contribution in [0.2, 0.25) is 0 Å². The van der Waals surface area contributed by atoms with E-state index in [0.717, 1.165) is 30.6 Å². The number of ether oxygens (including phenoxy) is 1. The molecule has 4 saturated carbocycles. The van der Waals surface area contributed by atoms with Crippen LogP contribution < -0.4 is 0 Å². The number of fused-ring (bicyclic) bond motifs is 4. The van der Waals surface area contributed by atoms with Crippen LogP contribution in [0, 0.1) is 46.8 Å². The van der Waals surface area contributed by atoms with E-state index in [9.17, 15) is 9.90 Å². The van der Waals surface area contributed by atoms with Gasteiger partial charge in [0.25, 0.3) is 0 Å². The fraction of sp³-hybridized carbons (Fsp3) is 0.893. The Labute approximate surface area is 190 Å². The molecule has 0 aliphatic heterocycles. The molecule has 0 amide bonds. The van der Waals surface area contributed by atoms with Gasteiger partial charge in [0, 0.05) is 19.3 Å². The maximum absolute atomic E-state index is 11.7. The molecule has 0 aromatic carbocycles. The molecule has 0 aromatic rings. The Morgan fingerprint density at radius 1 is 1.19 bits per heavy atom. The zero-order valence-corrected chi connectivity index (χ0v) is 20.7. The number of aliphatic hydroxyl groups is 1. The number of carbonyl (C=O) groups excluding carboxylic acids is 1. The zero-order chi connectivity index (χ0) is 22.6. The van der Waals surface area contributed by atoms with Crippen molar-refractivity contribution in [2.75, 3.05) is 0 Å². The van der Waals surface area contributed by atoms with E-state index >= 15 is 0 Å². The highest BCUT2D eigenvalue weighted by Gasteiger charge is 2.62. The molecular weight excluding hydrogens is 384 g/mol. The van der Waals surface area contributed by atoms with Crippen molar-refractivity contribution >= 4 is 5.97 Å². The van der Waals surface area contributed by atoms with Crippen LogP contribution in [0.3, 0.4) is 0 Å². The number of esters is 1. The maximum Gasteiger partial charge on any atom is 0.302 e. The third-order valence-corrected chi connectivity index (χ3v) is 10.2. The van der Waals surface area contributed by atoms with Gasteiger partial charge in [-0.3, -0.25) is 4.79 Å².